The van der Waals surface area contributed by atoms with E-state index in [1.165, 1.54) is 9.80 Å². The van der Waals surface area contributed by atoms with Gasteiger partial charge >= 0.3 is 18.1 Å². The van der Waals surface area contributed by atoms with Gasteiger partial charge < -0.3 is 19.9 Å². The average Bonchev–Trinajstić information content (AvgIpc) is 3.14. The highest BCUT2D eigenvalue weighted by Gasteiger charge is 2.59. The molecular formula is C22H26F5N3O3. The highest BCUT2D eigenvalue weighted by molar-refractivity contribution is 5.92. The number of nitrogens with one attached hydrogen (secondary N) is 1. The van der Waals surface area contributed by atoms with Crippen molar-refractivity contribution in [2.45, 2.75) is 51.3 Å². The molecule has 3 amide bonds. The zero-order chi connectivity index (χ0) is 24.8. The van der Waals surface area contributed by atoms with E-state index < -0.39 is 29.3 Å². The van der Waals surface area contributed by atoms with Crippen LogP contribution in [0.25, 0.3) is 5.70 Å². The molecule has 3 rings (SSSR count). The molecule has 0 radical (unpaired) electrons. The fourth-order valence-electron chi connectivity index (χ4n) is 3.88. The Labute approximate surface area is 188 Å². The van der Waals surface area contributed by atoms with E-state index in [4.69, 9.17) is 4.74 Å². The predicted molar refractivity (Wildman–Crippen MR) is 111 cm³/mol. The van der Waals surface area contributed by atoms with Crippen molar-refractivity contribution in [1.82, 2.24) is 15.1 Å². The molecule has 0 aromatic heterocycles. The Morgan fingerprint density at radius 2 is 1.91 bits per heavy atom. The van der Waals surface area contributed by atoms with E-state index in [9.17, 15) is 31.5 Å². The first-order valence-electron chi connectivity index (χ1n) is 10.5. The molecule has 0 saturated carbocycles. The first-order valence-corrected chi connectivity index (χ1v) is 10.5. The molecule has 33 heavy (non-hydrogen) atoms. The molecule has 1 N–H and O–H groups in total. The predicted octanol–water partition coefficient (Wildman–Crippen LogP) is 4.51. The number of hydrogen-bond acceptors (Lipinski definition) is 3. The van der Waals surface area contributed by atoms with Crippen molar-refractivity contribution in [2.75, 3.05) is 26.7 Å². The van der Waals surface area contributed by atoms with Crippen molar-refractivity contribution in [1.29, 1.82) is 0 Å². The Balaban J connectivity index is 2.18. The minimum Gasteiger partial charge on any atom is -0.483 e. The van der Waals surface area contributed by atoms with Crippen molar-refractivity contribution in [2.24, 2.45) is 0 Å². The zero-order valence-corrected chi connectivity index (χ0v) is 18.8. The van der Waals surface area contributed by atoms with Gasteiger partial charge in [0.15, 0.2) is 0 Å². The van der Waals surface area contributed by atoms with Crippen molar-refractivity contribution in [3.8, 4) is 5.75 Å². The molecule has 1 saturated heterocycles. The molecule has 0 atom stereocenters. The van der Waals surface area contributed by atoms with Crippen molar-refractivity contribution < 1.29 is 36.3 Å². The Morgan fingerprint density at radius 1 is 1.24 bits per heavy atom. The largest absolute Gasteiger partial charge is 0.483 e. The van der Waals surface area contributed by atoms with Gasteiger partial charge in [-0.15, -0.1) is 0 Å². The van der Waals surface area contributed by atoms with Gasteiger partial charge in [-0.1, -0.05) is 0 Å². The topological polar surface area (TPSA) is 61.9 Å². The molecule has 0 bridgehead atoms. The first kappa shape index (κ1) is 24.8. The third kappa shape index (κ3) is 4.49. The summed E-state index contributed by atoms with van der Waals surface area (Å²) in [5, 5.41) is 2.71. The monoisotopic (exact) mass is 475 g/mol. The van der Waals surface area contributed by atoms with Gasteiger partial charge in [-0.3, -0.25) is 4.79 Å². The maximum absolute atomic E-state index is 14.1. The third-order valence-electron chi connectivity index (χ3n) is 5.91. The van der Waals surface area contributed by atoms with Crippen LogP contribution < -0.4 is 10.1 Å². The summed E-state index contributed by atoms with van der Waals surface area (Å²) in [5.74, 6) is -5.29. The molecular weight excluding hydrogens is 449 g/mol. The van der Waals surface area contributed by atoms with E-state index in [1.807, 2.05) is 0 Å². The van der Waals surface area contributed by atoms with Gasteiger partial charge in [-0.25, -0.2) is 4.79 Å². The quantitative estimate of drug-likeness (QED) is 0.638. The second-order valence-electron chi connectivity index (χ2n) is 8.54. The third-order valence-corrected chi connectivity index (χ3v) is 5.91. The number of carbonyl (C=O) groups excluding carboxylic acids is 2. The van der Waals surface area contributed by atoms with Crippen molar-refractivity contribution in [3.63, 3.8) is 0 Å². The summed E-state index contributed by atoms with van der Waals surface area (Å²) in [6.45, 7) is 5.75. The van der Waals surface area contributed by atoms with Gasteiger partial charge in [0.05, 0.1) is 5.70 Å². The summed E-state index contributed by atoms with van der Waals surface area (Å²) in [6.07, 6.45) is -5.06. The molecule has 0 unspecified atom stereocenters. The minimum absolute atomic E-state index is 0.0425. The number of fused-ring (bicyclic) bond motifs is 1. The van der Waals surface area contributed by atoms with Crippen LogP contribution in [-0.2, 0) is 10.7 Å². The van der Waals surface area contributed by atoms with E-state index in [0.717, 1.165) is 12.1 Å². The second kappa shape index (κ2) is 8.49. The van der Waals surface area contributed by atoms with Crippen LogP contribution in [0.3, 0.4) is 0 Å². The van der Waals surface area contributed by atoms with Crippen LogP contribution in [0.1, 0.15) is 44.7 Å². The lowest BCUT2D eigenvalue weighted by Gasteiger charge is -2.40. The summed E-state index contributed by atoms with van der Waals surface area (Å²) in [4.78, 5) is 27.7. The highest BCUT2D eigenvalue weighted by Crippen LogP contribution is 2.48. The second-order valence-corrected chi connectivity index (χ2v) is 8.54. The molecule has 2 heterocycles. The lowest BCUT2D eigenvalue weighted by molar-refractivity contribution is -0.289. The van der Waals surface area contributed by atoms with Crippen LogP contribution in [0.15, 0.2) is 23.8 Å². The lowest BCUT2D eigenvalue weighted by atomic mass is 9.87. The zero-order valence-electron chi connectivity index (χ0n) is 18.8. The normalized spacial score (nSPS) is 18.2. The number of ether oxygens (including phenoxy) is 1. The first-order chi connectivity index (χ1) is 15.2. The van der Waals surface area contributed by atoms with Crippen LogP contribution in [0.4, 0.5) is 26.7 Å². The highest BCUT2D eigenvalue weighted by atomic mass is 19.4. The van der Waals surface area contributed by atoms with Crippen LogP contribution >= 0.6 is 0 Å². The standard InChI is InChI=1S/C22H26F5N3O3/c1-5-29(4)19(32)28-12-15-18(30-10-6-7-17(30)31)14-11-13(21(23,24)22(25,26)27)8-9-16(14)33-20(15,2)3/h8-9,11H,5-7,10,12H2,1-4H3,(H,28,32). The van der Waals surface area contributed by atoms with Crippen molar-refractivity contribution >= 4 is 17.6 Å². The molecule has 6 nitrogen and oxygen atoms in total. The molecule has 1 fully saturated rings. The maximum Gasteiger partial charge on any atom is 0.458 e. The van der Waals surface area contributed by atoms with E-state index in [-0.39, 0.29) is 42.4 Å². The molecule has 182 valence electrons. The minimum atomic E-state index is -5.79. The number of benzene rings is 1. The van der Waals surface area contributed by atoms with Gasteiger partial charge in [-0.05, 0) is 45.4 Å². The van der Waals surface area contributed by atoms with Crippen LogP contribution in [-0.4, -0.2) is 60.2 Å². The van der Waals surface area contributed by atoms with E-state index in [0.29, 0.717) is 24.6 Å². The number of hydrogen-bond donors (Lipinski definition) is 1. The Kier molecular flexibility index (Phi) is 6.38. The number of amides is 3. The van der Waals surface area contributed by atoms with Gasteiger partial charge in [0, 0.05) is 49.8 Å². The molecule has 1 aromatic carbocycles. The Bertz CT molecular complexity index is 988. The van der Waals surface area contributed by atoms with Gasteiger partial charge in [0.25, 0.3) is 0 Å². The summed E-state index contributed by atoms with van der Waals surface area (Å²) < 4.78 is 73.2. The SMILES string of the molecule is CCN(C)C(=O)NCC1=C(N2CCCC2=O)c2cc(C(F)(F)C(F)(F)F)ccc2OC1(C)C. The van der Waals surface area contributed by atoms with Crippen LogP contribution in [0.2, 0.25) is 0 Å². The van der Waals surface area contributed by atoms with E-state index in [2.05, 4.69) is 5.32 Å². The smallest absolute Gasteiger partial charge is 0.458 e. The van der Waals surface area contributed by atoms with Crippen LogP contribution in [0.5, 0.6) is 5.75 Å². The maximum atomic E-state index is 14.1. The lowest BCUT2D eigenvalue weighted by Crippen LogP contribution is -2.45. The molecule has 0 aliphatic carbocycles. The fraction of sp³-hybridized carbons (Fsp3) is 0.545. The number of urea groups is 1. The van der Waals surface area contributed by atoms with E-state index in [1.54, 1.807) is 27.8 Å². The van der Waals surface area contributed by atoms with E-state index >= 15 is 0 Å². The number of nitrogens with zero attached hydrogens (tertiary/aromatic N) is 2. The number of alkyl halides is 5. The van der Waals surface area contributed by atoms with Gasteiger partial charge in [-0.2, -0.15) is 22.0 Å². The molecule has 11 heteroatoms. The number of halogens is 5. The fourth-order valence-corrected chi connectivity index (χ4v) is 3.88. The van der Waals surface area contributed by atoms with Gasteiger partial charge in [0.2, 0.25) is 5.91 Å². The Hall–Kier alpha value is -2.85. The molecule has 0 spiro atoms. The number of rotatable bonds is 5. The van der Waals surface area contributed by atoms with Gasteiger partial charge in [0.1, 0.15) is 11.4 Å². The number of likely N-dealkylation sites (tertiary alicyclic amines) is 1. The summed E-state index contributed by atoms with van der Waals surface area (Å²) >= 11 is 0. The summed E-state index contributed by atoms with van der Waals surface area (Å²) in [6, 6.07) is 2.05. The molecule has 2 aliphatic rings. The molecule has 1 aromatic rings. The molecule has 2 aliphatic heterocycles. The summed E-state index contributed by atoms with van der Waals surface area (Å²) in [5.41, 5.74) is -1.77. The Morgan fingerprint density at radius 3 is 2.45 bits per heavy atom. The average molecular weight is 475 g/mol. The van der Waals surface area contributed by atoms with Crippen molar-refractivity contribution in [3.05, 3.63) is 34.9 Å². The number of carbonyl (C=O) groups is 2. The summed E-state index contributed by atoms with van der Waals surface area (Å²) in [7, 11) is 1.58. The van der Waals surface area contributed by atoms with Crippen LogP contribution in [0, 0.1) is 0 Å².